The van der Waals surface area contributed by atoms with Gasteiger partial charge in [-0.25, -0.2) is 0 Å². The molecule has 136 valence electrons. The minimum absolute atomic E-state index is 0.476. The zero-order chi connectivity index (χ0) is 18.0. The van der Waals surface area contributed by atoms with E-state index in [9.17, 15) is 0 Å². The number of benzene rings is 2. The molecule has 3 rings (SSSR count). The molecule has 0 spiro atoms. The summed E-state index contributed by atoms with van der Waals surface area (Å²) in [5, 5.41) is 8.77. The Morgan fingerprint density at radius 2 is 1.42 bits per heavy atom. The molecule has 1 heterocycles. The van der Waals surface area contributed by atoms with Crippen molar-refractivity contribution in [2.24, 2.45) is 0 Å². The second-order valence-corrected chi connectivity index (χ2v) is 6.63. The Balaban J connectivity index is 1.32. The third-order valence-electron chi connectivity index (χ3n) is 4.67. The highest BCUT2D eigenvalue weighted by Crippen LogP contribution is 2.15. The Labute approximate surface area is 156 Å². The van der Waals surface area contributed by atoms with Gasteiger partial charge in [-0.3, -0.25) is 0 Å². The van der Waals surface area contributed by atoms with Gasteiger partial charge in [0.15, 0.2) is 0 Å². The molecule has 0 bridgehead atoms. The molecule has 1 saturated heterocycles. The van der Waals surface area contributed by atoms with Crippen LogP contribution in [-0.4, -0.2) is 37.7 Å². The largest absolute Gasteiger partial charge is 0.490 e. The van der Waals surface area contributed by atoms with E-state index in [1.165, 1.54) is 44.5 Å². The van der Waals surface area contributed by atoms with Crippen LogP contribution in [0.4, 0.5) is 0 Å². The Bertz CT molecular complexity index is 698. The highest BCUT2D eigenvalue weighted by molar-refractivity contribution is 5.34. The predicted octanol–water partition coefficient (Wildman–Crippen LogP) is 4.04. The normalized spacial score (nSPS) is 14.1. The first-order valence-corrected chi connectivity index (χ1v) is 9.40. The van der Waals surface area contributed by atoms with Gasteiger partial charge in [-0.1, -0.05) is 12.1 Å². The van der Waals surface area contributed by atoms with Crippen molar-refractivity contribution >= 4 is 0 Å². The van der Waals surface area contributed by atoms with Crippen molar-refractivity contribution in [2.45, 2.75) is 25.7 Å². The molecule has 1 aliphatic rings. The first kappa shape index (κ1) is 18.3. The maximum absolute atomic E-state index is 8.77. The number of likely N-dealkylation sites (tertiary alicyclic amines) is 1. The SMILES string of the molecule is N#Cc1ccc(OCCOc2ccc(CCCN3CCCC3)cc2)cc1. The van der Waals surface area contributed by atoms with Crippen LogP contribution >= 0.6 is 0 Å². The lowest BCUT2D eigenvalue weighted by molar-refractivity contribution is 0.217. The summed E-state index contributed by atoms with van der Waals surface area (Å²) in [5.74, 6) is 1.62. The maximum atomic E-state index is 8.77. The van der Waals surface area contributed by atoms with Crippen LogP contribution in [0.2, 0.25) is 0 Å². The molecule has 0 N–H and O–H groups in total. The Kier molecular flexibility index (Phi) is 6.92. The highest BCUT2D eigenvalue weighted by Gasteiger charge is 2.10. The molecule has 2 aromatic rings. The summed E-state index contributed by atoms with van der Waals surface area (Å²) in [5.41, 5.74) is 2.00. The molecule has 1 fully saturated rings. The lowest BCUT2D eigenvalue weighted by atomic mass is 10.1. The number of hydrogen-bond donors (Lipinski definition) is 0. The fourth-order valence-corrected chi connectivity index (χ4v) is 3.21. The van der Waals surface area contributed by atoms with Gasteiger partial charge in [0.1, 0.15) is 24.7 Å². The van der Waals surface area contributed by atoms with E-state index in [1.807, 2.05) is 12.1 Å². The van der Waals surface area contributed by atoms with Crippen LogP contribution in [0.1, 0.15) is 30.4 Å². The van der Waals surface area contributed by atoms with E-state index in [-0.39, 0.29) is 0 Å². The summed E-state index contributed by atoms with van der Waals surface area (Å²) in [6.07, 6.45) is 5.07. The lowest BCUT2D eigenvalue weighted by Crippen LogP contribution is -2.20. The molecular weight excluding hydrogens is 324 g/mol. The van der Waals surface area contributed by atoms with Gasteiger partial charge >= 0.3 is 0 Å². The summed E-state index contributed by atoms with van der Waals surface area (Å²) < 4.78 is 11.3. The van der Waals surface area contributed by atoms with Gasteiger partial charge in [-0.05, 0) is 87.3 Å². The number of rotatable bonds is 9. The van der Waals surface area contributed by atoms with Crippen molar-refractivity contribution in [3.05, 3.63) is 59.7 Å². The standard InChI is InChI=1S/C22H26N2O2/c23-18-20-7-11-22(12-8-20)26-17-16-25-21-9-5-19(6-10-21)4-3-15-24-13-1-2-14-24/h5-12H,1-4,13-17H2. The quantitative estimate of drug-likeness (QED) is 0.640. The Hall–Kier alpha value is -2.51. The minimum atomic E-state index is 0.476. The van der Waals surface area contributed by atoms with Crippen molar-refractivity contribution in [1.82, 2.24) is 4.90 Å². The molecule has 4 nitrogen and oxygen atoms in total. The first-order valence-electron chi connectivity index (χ1n) is 9.40. The molecule has 26 heavy (non-hydrogen) atoms. The topological polar surface area (TPSA) is 45.5 Å². The van der Waals surface area contributed by atoms with Gasteiger partial charge < -0.3 is 14.4 Å². The molecule has 0 radical (unpaired) electrons. The molecule has 0 saturated carbocycles. The van der Waals surface area contributed by atoms with E-state index in [0.717, 1.165) is 17.9 Å². The molecule has 4 heteroatoms. The van der Waals surface area contributed by atoms with E-state index in [4.69, 9.17) is 14.7 Å². The van der Waals surface area contributed by atoms with Crippen molar-refractivity contribution < 1.29 is 9.47 Å². The smallest absolute Gasteiger partial charge is 0.122 e. The molecule has 0 aromatic heterocycles. The zero-order valence-corrected chi connectivity index (χ0v) is 15.2. The Morgan fingerprint density at radius 1 is 0.846 bits per heavy atom. The number of ether oxygens (including phenoxy) is 2. The van der Waals surface area contributed by atoms with Gasteiger partial charge in [0.2, 0.25) is 0 Å². The van der Waals surface area contributed by atoms with Gasteiger partial charge in [0.25, 0.3) is 0 Å². The van der Waals surface area contributed by atoms with Crippen molar-refractivity contribution in [2.75, 3.05) is 32.8 Å². The lowest BCUT2D eigenvalue weighted by Gasteiger charge is -2.14. The van der Waals surface area contributed by atoms with E-state index >= 15 is 0 Å². The highest BCUT2D eigenvalue weighted by atomic mass is 16.5. The summed E-state index contributed by atoms with van der Waals surface area (Å²) >= 11 is 0. The van der Waals surface area contributed by atoms with Crippen molar-refractivity contribution in [3.8, 4) is 17.6 Å². The number of aryl methyl sites for hydroxylation is 1. The fourth-order valence-electron chi connectivity index (χ4n) is 3.21. The van der Waals surface area contributed by atoms with Crippen LogP contribution in [0.25, 0.3) is 0 Å². The molecule has 0 atom stereocenters. The third-order valence-corrected chi connectivity index (χ3v) is 4.67. The van der Waals surface area contributed by atoms with Crippen LogP contribution in [0.3, 0.4) is 0 Å². The predicted molar refractivity (Wildman–Crippen MR) is 103 cm³/mol. The molecule has 0 unspecified atom stereocenters. The van der Waals surface area contributed by atoms with Crippen LogP contribution in [0, 0.1) is 11.3 Å². The molecule has 0 amide bonds. The van der Waals surface area contributed by atoms with E-state index < -0.39 is 0 Å². The second-order valence-electron chi connectivity index (χ2n) is 6.63. The van der Waals surface area contributed by atoms with Crippen LogP contribution in [-0.2, 0) is 6.42 Å². The number of hydrogen-bond acceptors (Lipinski definition) is 4. The zero-order valence-electron chi connectivity index (χ0n) is 15.2. The van der Waals surface area contributed by atoms with E-state index in [1.54, 1.807) is 24.3 Å². The summed E-state index contributed by atoms with van der Waals surface area (Å²) in [6, 6.07) is 17.6. The molecule has 2 aromatic carbocycles. The van der Waals surface area contributed by atoms with Crippen LogP contribution in [0.15, 0.2) is 48.5 Å². The minimum Gasteiger partial charge on any atom is -0.490 e. The molecule has 0 aliphatic carbocycles. The second kappa shape index (κ2) is 9.84. The average molecular weight is 350 g/mol. The average Bonchev–Trinajstić information content (AvgIpc) is 3.20. The van der Waals surface area contributed by atoms with Gasteiger partial charge in [0.05, 0.1) is 11.6 Å². The number of nitrogens with zero attached hydrogens (tertiary/aromatic N) is 2. The van der Waals surface area contributed by atoms with Crippen LogP contribution < -0.4 is 9.47 Å². The third kappa shape index (κ3) is 5.79. The fraction of sp³-hybridized carbons (Fsp3) is 0.409. The van der Waals surface area contributed by atoms with E-state index in [2.05, 4.69) is 23.1 Å². The van der Waals surface area contributed by atoms with Crippen molar-refractivity contribution in [3.63, 3.8) is 0 Å². The molecule has 1 aliphatic heterocycles. The molecular formula is C22H26N2O2. The van der Waals surface area contributed by atoms with Crippen molar-refractivity contribution in [1.29, 1.82) is 5.26 Å². The van der Waals surface area contributed by atoms with Gasteiger partial charge in [-0.2, -0.15) is 5.26 Å². The van der Waals surface area contributed by atoms with Gasteiger partial charge in [-0.15, -0.1) is 0 Å². The number of nitriles is 1. The first-order chi connectivity index (χ1) is 12.8. The summed E-state index contributed by atoms with van der Waals surface area (Å²) in [6.45, 7) is 4.73. The Morgan fingerprint density at radius 3 is 2.00 bits per heavy atom. The van der Waals surface area contributed by atoms with Gasteiger partial charge in [0, 0.05) is 0 Å². The van der Waals surface area contributed by atoms with E-state index in [0.29, 0.717) is 18.8 Å². The maximum Gasteiger partial charge on any atom is 0.122 e. The summed E-state index contributed by atoms with van der Waals surface area (Å²) in [4.78, 5) is 2.56. The summed E-state index contributed by atoms with van der Waals surface area (Å²) in [7, 11) is 0. The van der Waals surface area contributed by atoms with Crippen LogP contribution in [0.5, 0.6) is 11.5 Å². The monoisotopic (exact) mass is 350 g/mol.